The van der Waals surface area contributed by atoms with Crippen molar-refractivity contribution in [1.82, 2.24) is 5.32 Å². The second-order valence-electron chi connectivity index (χ2n) is 5.12. The van der Waals surface area contributed by atoms with E-state index in [1.807, 2.05) is 12.1 Å². The van der Waals surface area contributed by atoms with Crippen molar-refractivity contribution >= 4 is 0 Å². The molecular weight excluding hydrogens is 198 g/mol. The van der Waals surface area contributed by atoms with Gasteiger partial charge in [-0.25, -0.2) is 0 Å². The predicted octanol–water partition coefficient (Wildman–Crippen LogP) is 2.97. The van der Waals surface area contributed by atoms with Crippen LogP contribution < -0.4 is 10.1 Å². The van der Waals surface area contributed by atoms with E-state index in [1.165, 1.54) is 5.56 Å². The minimum Gasteiger partial charge on any atom is -0.496 e. The Morgan fingerprint density at radius 2 is 1.88 bits per heavy atom. The van der Waals surface area contributed by atoms with E-state index in [4.69, 9.17) is 4.74 Å². The van der Waals surface area contributed by atoms with Crippen LogP contribution in [0.1, 0.15) is 33.3 Å². The molecule has 1 aromatic carbocycles. The van der Waals surface area contributed by atoms with E-state index < -0.39 is 0 Å². The highest BCUT2D eigenvalue weighted by molar-refractivity contribution is 5.39. The third-order valence-electron chi connectivity index (χ3n) is 2.79. The zero-order valence-electron chi connectivity index (χ0n) is 11.0. The molecular formula is C14H23NO. The molecule has 0 spiro atoms. The Kier molecular flexibility index (Phi) is 4.36. The van der Waals surface area contributed by atoms with Crippen molar-refractivity contribution in [2.45, 2.75) is 39.2 Å². The van der Waals surface area contributed by atoms with Crippen LogP contribution in [0.15, 0.2) is 24.3 Å². The molecule has 1 aromatic rings. The Labute approximate surface area is 99.0 Å². The molecule has 0 saturated carbocycles. The lowest BCUT2D eigenvalue weighted by Crippen LogP contribution is -2.36. The highest BCUT2D eigenvalue weighted by Crippen LogP contribution is 2.30. The fourth-order valence-electron chi connectivity index (χ4n) is 1.76. The number of ether oxygens (including phenoxy) is 1. The molecule has 0 fully saturated rings. The Bertz CT molecular complexity index is 331. The molecule has 0 heterocycles. The van der Waals surface area contributed by atoms with Gasteiger partial charge in [0.05, 0.1) is 7.11 Å². The zero-order valence-corrected chi connectivity index (χ0v) is 11.0. The summed E-state index contributed by atoms with van der Waals surface area (Å²) in [5.74, 6) is 0.970. The van der Waals surface area contributed by atoms with Crippen molar-refractivity contribution in [2.24, 2.45) is 0 Å². The number of benzene rings is 1. The maximum absolute atomic E-state index is 5.41. The van der Waals surface area contributed by atoms with Crippen molar-refractivity contribution < 1.29 is 4.74 Å². The van der Waals surface area contributed by atoms with Crippen molar-refractivity contribution in [3.8, 4) is 5.75 Å². The van der Waals surface area contributed by atoms with E-state index in [9.17, 15) is 0 Å². The van der Waals surface area contributed by atoms with Gasteiger partial charge in [0.25, 0.3) is 0 Å². The van der Waals surface area contributed by atoms with Crippen LogP contribution in [0, 0.1) is 0 Å². The quantitative estimate of drug-likeness (QED) is 0.825. The van der Waals surface area contributed by atoms with Gasteiger partial charge in [0, 0.05) is 23.6 Å². The number of hydrogen-bond donors (Lipinski definition) is 1. The molecule has 1 N–H and O–H groups in total. The number of methoxy groups -OCH3 is 1. The van der Waals surface area contributed by atoms with Gasteiger partial charge in [-0.3, -0.25) is 0 Å². The molecule has 0 bridgehead atoms. The highest BCUT2D eigenvalue weighted by Gasteiger charge is 2.23. The van der Waals surface area contributed by atoms with E-state index in [0.29, 0.717) is 6.04 Å². The Balaban J connectivity index is 2.88. The minimum absolute atomic E-state index is 0.0802. The van der Waals surface area contributed by atoms with Crippen LogP contribution in [0.5, 0.6) is 5.75 Å². The second kappa shape index (κ2) is 5.35. The van der Waals surface area contributed by atoms with Crippen molar-refractivity contribution in [3.05, 3.63) is 29.8 Å². The van der Waals surface area contributed by atoms with Crippen LogP contribution >= 0.6 is 0 Å². The summed E-state index contributed by atoms with van der Waals surface area (Å²) in [6.07, 6.45) is 0. The molecule has 0 amide bonds. The van der Waals surface area contributed by atoms with Gasteiger partial charge in [0.2, 0.25) is 0 Å². The van der Waals surface area contributed by atoms with E-state index in [-0.39, 0.29) is 5.41 Å². The number of rotatable bonds is 5. The SMILES string of the molecule is COc1ccccc1C(C)(C)CNC(C)C. The number of hydrogen-bond acceptors (Lipinski definition) is 2. The lowest BCUT2D eigenvalue weighted by atomic mass is 9.83. The highest BCUT2D eigenvalue weighted by atomic mass is 16.5. The molecule has 0 aliphatic heterocycles. The molecule has 2 heteroatoms. The second-order valence-corrected chi connectivity index (χ2v) is 5.12. The van der Waals surface area contributed by atoms with Crippen molar-refractivity contribution in [2.75, 3.05) is 13.7 Å². The van der Waals surface area contributed by atoms with Gasteiger partial charge in [-0.2, -0.15) is 0 Å². The topological polar surface area (TPSA) is 21.3 Å². The third kappa shape index (κ3) is 3.24. The summed E-state index contributed by atoms with van der Waals surface area (Å²) in [5, 5.41) is 3.48. The van der Waals surface area contributed by atoms with E-state index >= 15 is 0 Å². The first-order valence-electron chi connectivity index (χ1n) is 5.84. The molecule has 0 unspecified atom stereocenters. The van der Waals surface area contributed by atoms with Gasteiger partial charge in [-0.1, -0.05) is 45.9 Å². The smallest absolute Gasteiger partial charge is 0.122 e. The molecule has 90 valence electrons. The van der Waals surface area contributed by atoms with Crippen molar-refractivity contribution in [1.29, 1.82) is 0 Å². The summed E-state index contributed by atoms with van der Waals surface area (Å²) in [7, 11) is 1.73. The molecule has 0 radical (unpaired) electrons. The Hall–Kier alpha value is -1.02. The van der Waals surface area contributed by atoms with Crippen LogP contribution in [-0.2, 0) is 5.41 Å². The van der Waals surface area contributed by atoms with Gasteiger partial charge >= 0.3 is 0 Å². The largest absolute Gasteiger partial charge is 0.496 e. The van der Waals surface area contributed by atoms with Crippen LogP contribution in [0.2, 0.25) is 0 Å². The molecule has 0 saturated heterocycles. The van der Waals surface area contributed by atoms with Gasteiger partial charge in [-0.05, 0) is 6.07 Å². The monoisotopic (exact) mass is 221 g/mol. The fraction of sp³-hybridized carbons (Fsp3) is 0.571. The third-order valence-corrected chi connectivity index (χ3v) is 2.79. The van der Waals surface area contributed by atoms with E-state index in [1.54, 1.807) is 7.11 Å². The lowest BCUT2D eigenvalue weighted by Gasteiger charge is -2.28. The van der Waals surface area contributed by atoms with Crippen LogP contribution in [0.25, 0.3) is 0 Å². The summed E-state index contributed by atoms with van der Waals surface area (Å²) in [6.45, 7) is 9.75. The fourth-order valence-corrected chi connectivity index (χ4v) is 1.76. The van der Waals surface area contributed by atoms with Gasteiger partial charge in [0.1, 0.15) is 5.75 Å². The maximum atomic E-state index is 5.41. The summed E-state index contributed by atoms with van der Waals surface area (Å²) < 4.78 is 5.41. The normalized spacial score (nSPS) is 11.9. The van der Waals surface area contributed by atoms with Crippen LogP contribution in [0.4, 0.5) is 0 Å². The van der Waals surface area contributed by atoms with Crippen LogP contribution in [0.3, 0.4) is 0 Å². The van der Waals surface area contributed by atoms with Gasteiger partial charge < -0.3 is 10.1 Å². The summed E-state index contributed by atoms with van der Waals surface area (Å²) in [6, 6.07) is 8.74. The summed E-state index contributed by atoms with van der Waals surface area (Å²) in [4.78, 5) is 0. The average molecular weight is 221 g/mol. The Morgan fingerprint density at radius 1 is 1.25 bits per heavy atom. The predicted molar refractivity (Wildman–Crippen MR) is 69.2 cm³/mol. The summed E-state index contributed by atoms with van der Waals surface area (Å²) >= 11 is 0. The standard InChI is InChI=1S/C14H23NO/c1-11(2)15-10-14(3,4)12-8-6-7-9-13(12)16-5/h6-9,11,15H,10H2,1-5H3. The van der Waals surface area contributed by atoms with E-state index in [2.05, 4.69) is 45.1 Å². The molecule has 0 aromatic heterocycles. The molecule has 0 atom stereocenters. The lowest BCUT2D eigenvalue weighted by molar-refractivity contribution is 0.380. The average Bonchev–Trinajstić information content (AvgIpc) is 2.26. The first-order valence-corrected chi connectivity index (χ1v) is 5.84. The van der Waals surface area contributed by atoms with Gasteiger partial charge in [-0.15, -0.1) is 0 Å². The number of nitrogens with one attached hydrogen (secondary N) is 1. The first-order chi connectivity index (χ1) is 7.47. The molecule has 0 aliphatic rings. The van der Waals surface area contributed by atoms with Crippen molar-refractivity contribution in [3.63, 3.8) is 0 Å². The molecule has 16 heavy (non-hydrogen) atoms. The molecule has 0 aliphatic carbocycles. The minimum atomic E-state index is 0.0802. The zero-order chi connectivity index (χ0) is 12.2. The van der Waals surface area contributed by atoms with E-state index in [0.717, 1.165) is 12.3 Å². The first kappa shape index (κ1) is 13.0. The molecule has 1 rings (SSSR count). The Morgan fingerprint density at radius 3 is 2.44 bits per heavy atom. The van der Waals surface area contributed by atoms with Crippen LogP contribution in [-0.4, -0.2) is 19.7 Å². The van der Waals surface area contributed by atoms with Gasteiger partial charge in [0.15, 0.2) is 0 Å². The number of para-hydroxylation sites is 1. The summed E-state index contributed by atoms with van der Waals surface area (Å²) in [5.41, 5.74) is 1.34. The maximum Gasteiger partial charge on any atom is 0.122 e. The molecule has 2 nitrogen and oxygen atoms in total.